The topological polar surface area (TPSA) is 78.0 Å². The van der Waals surface area contributed by atoms with Gasteiger partial charge in [0.05, 0.1) is 10.6 Å². The van der Waals surface area contributed by atoms with E-state index in [1.54, 1.807) is 41.3 Å². The van der Waals surface area contributed by atoms with E-state index >= 15 is 0 Å². The van der Waals surface area contributed by atoms with Crippen LogP contribution < -0.4 is 4.90 Å². The molecule has 2 fully saturated rings. The van der Waals surface area contributed by atoms with Crippen LogP contribution in [0.1, 0.15) is 12.8 Å². The molecule has 2 heterocycles. The summed E-state index contributed by atoms with van der Waals surface area (Å²) in [6.45, 7) is 1.52. The summed E-state index contributed by atoms with van der Waals surface area (Å²) >= 11 is 0. The average Bonchev–Trinajstić information content (AvgIpc) is 3.16. The molecule has 0 bridgehead atoms. The maximum atomic E-state index is 14.0. The first-order chi connectivity index (χ1) is 14.4. The molecule has 158 valence electrons. The maximum absolute atomic E-state index is 14.0. The van der Waals surface area contributed by atoms with Crippen LogP contribution in [0.25, 0.3) is 0 Å². The highest BCUT2D eigenvalue weighted by atomic mass is 32.2. The summed E-state index contributed by atoms with van der Waals surface area (Å²) in [6, 6.07) is 13.1. The molecule has 2 saturated heterocycles. The first-order valence-electron chi connectivity index (χ1n) is 9.80. The molecule has 0 spiro atoms. The number of anilines is 1. The summed E-state index contributed by atoms with van der Waals surface area (Å²) in [6.07, 6.45) is 0.176. The number of hydrogen-bond donors (Lipinski definition) is 0. The van der Waals surface area contributed by atoms with E-state index in [1.165, 1.54) is 18.2 Å². The third kappa shape index (κ3) is 3.65. The summed E-state index contributed by atoms with van der Waals surface area (Å²) in [5, 5.41) is 0. The van der Waals surface area contributed by atoms with Crippen LogP contribution in [0.15, 0.2) is 59.5 Å². The molecule has 0 aliphatic carbocycles. The van der Waals surface area contributed by atoms with Crippen molar-refractivity contribution in [2.45, 2.75) is 23.8 Å². The number of nitrogens with zero attached hydrogens (tertiary/aromatic N) is 3. The van der Waals surface area contributed by atoms with Crippen LogP contribution in [0, 0.1) is 5.82 Å². The Hall–Kier alpha value is -2.94. The van der Waals surface area contributed by atoms with E-state index in [2.05, 4.69) is 0 Å². The van der Waals surface area contributed by atoms with Crippen LogP contribution in [0.3, 0.4) is 0 Å². The summed E-state index contributed by atoms with van der Waals surface area (Å²) in [4.78, 5) is 28.9. The lowest BCUT2D eigenvalue weighted by Crippen LogP contribution is -2.55. The van der Waals surface area contributed by atoms with Crippen LogP contribution in [0.5, 0.6) is 0 Å². The van der Waals surface area contributed by atoms with Crippen LogP contribution in [0.4, 0.5) is 10.1 Å². The molecule has 0 radical (unpaired) electrons. The Labute approximate surface area is 174 Å². The number of carbonyl (C=O) groups excluding carboxylic acids is 2. The van der Waals surface area contributed by atoms with Gasteiger partial charge in [-0.05, 0) is 30.7 Å². The van der Waals surface area contributed by atoms with Gasteiger partial charge in [-0.25, -0.2) is 17.1 Å². The second-order valence-electron chi connectivity index (χ2n) is 7.33. The number of amides is 2. The van der Waals surface area contributed by atoms with Gasteiger partial charge < -0.3 is 9.80 Å². The molecule has 1 atom stereocenters. The number of piperazine rings is 1. The molecule has 0 saturated carbocycles. The highest BCUT2D eigenvalue weighted by Crippen LogP contribution is 2.29. The van der Waals surface area contributed by atoms with Gasteiger partial charge in [0.2, 0.25) is 11.8 Å². The summed E-state index contributed by atoms with van der Waals surface area (Å²) in [5.74, 6) is -1.27. The standard InChI is InChI=1S/C21H22FN3O4S/c22-17-8-4-5-9-18(17)23-12-14-24(15-13-23)21(27)19-10-11-20(26)25(19)30(28,29)16-6-2-1-3-7-16/h1-9,19H,10-15H2. The van der Waals surface area contributed by atoms with Crippen molar-refractivity contribution in [3.63, 3.8) is 0 Å². The van der Waals surface area contributed by atoms with Crippen LogP contribution >= 0.6 is 0 Å². The molecule has 2 aromatic rings. The van der Waals surface area contributed by atoms with Crippen LogP contribution in [-0.4, -0.2) is 61.7 Å². The normalized spacial score (nSPS) is 20.0. The Morgan fingerprint density at radius 3 is 2.23 bits per heavy atom. The summed E-state index contributed by atoms with van der Waals surface area (Å²) < 4.78 is 40.8. The molecule has 4 rings (SSSR count). The quantitative estimate of drug-likeness (QED) is 0.739. The molecule has 9 heteroatoms. The largest absolute Gasteiger partial charge is 0.366 e. The lowest BCUT2D eigenvalue weighted by atomic mass is 10.1. The van der Waals surface area contributed by atoms with Gasteiger partial charge in [-0.2, -0.15) is 0 Å². The van der Waals surface area contributed by atoms with Gasteiger partial charge >= 0.3 is 0 Å². The molecular weight excluding hydrogens is 409 g/mol. The van der Waals surface area contributed by atoms with Gasteiger partial charge in [0.25, 0.3) is 10.0 Å². The van der Waals surface area contributed by atoms with Crippen LogP contribution in [-0.2, 0) is 19.6 Å². The summed E-state index contributed by atoms with van der Waals surface area (Å²) in [5.41, 5.74) is 0.480. The number of rotatable bonds is 4. The molecule has 1 unspecified atom stereocenters. The number of sulfonamides is 1. The molecule has 0 aromatic heterocycles. The van der Waals surface area contributed by atoms with Gasteiger partial charge in [-0.3, -0.25) is 9.59 Å². The van der Waals surface area contributed by atoms with Gasteiger partial charge in [0.1, 0.15) is 11.9 Å². The SMILES string of the molecule is O=C(C1CCC(=O)N1S(=O)(=O)c1ccccc1)N1CCN(c2ccccc2F)CC1. The average molecular weight is 431 g/mol. The third-order valence-electron chi connectivity index (χ3n) is 5.53. The molecule has 7 nitrogen and oxygen atoms in total. The minimum atomic E-state index is -4.10. The van der Waals surface area contributed by atoms with E-state index in [4.69, 9.17) is 0 Å². The predicted octanol–water partition coefficient (Wildman–Crippen LogP) is 1.85. The fourth-order valence-electron chi connectivity index (χ4n) is 3.98. The summed E-state index contributed by atoms with van der Waals surface area (Å²) in [7, 11) is -4.10. The van der Waals surface area contributed by atoms with E-state index in [0.717, 1.165) is 4.31 Å². The van der Waals surface area contributed by atoms with Crippen molar-refractivity contribution < 1.29 is 22.4 Å². The van der Waals surface area contributed by atoms with Crippen molar-refractivity contribution in [3.05, 3.63) is 60.4 Å². The molecule has 2 aliphatic heterocycles. The first-order valence-corrected chi connectivity index (χ1v) is 11.2. The van der Waals surface area contributed by atoms with E-state index in [9.17, 15) is 22.4 Å². The lowest BCUT2D eigenvalue weighted by Gasteiger charge is -2.38. The van der Waals surface area contributed by atoms with Gasteiger partial charge in [-0.15, -0.1) is 0 Å². The lowest BCUT2D eigenvalue weighted by molar-refractivity contribution is -0.138. The molecular formula is C21H22FN3O4S. The Balaban J connectivity index is 1.49. The Bertz CT molecular complexity index is 1050. The Morgan fingerprint density at radius 2 is 1.57 bits per heavy atom. The third-order valence-corrected chi connectivity index (χ3v) is 7.37. The zero-order valence-corrected chi connectivity index (χ0v) is 17.1. The van der Waals surface area contributed by atoms with Gasteiger partial charge in [0.15, 0.2) is 0 Å². The zero-order valence-electron chi connectivity index (χ0n) is 16.3. The van der Waals surface area contributed by atoms with E-state index in [1.807, 2.05) is 4.90 Å². The van der Waals surface area contributed by atoms with Crippen molar-refractivity contribution in [1.29, 1.82) is 0 Å². The minimum absolute atomic E-state index is 0.0116. The molecule has 30 heavy (non-hydrogen) atoms. The maximum Gasteiger partial charge on any atom is 0.267 e. The number of halogens is 1. The first kappa shape index (κ1) is 20.3. The van der Waals surface area contributed by atoms with Crippen molar-refractivity contribution in [2.24, 2.45) is 0 Å². The van der Waals surface area contributed by atoms with Crippen LogP contribution in [0.2, 0.25) is 0 Å². The molecule has 0 N–H and O–H groups in total. The van der Waals surface area contributed by atoms with Crippen molar-refractivity contribution in [3.8, 4) is 0 Å². The fourth-order valence-corrected chi connectivity index (χ4v) is 5.60. The van der Waals surface area contributed by atoms with Gasteiger partial charge in [0, 0.05) is 32.6 Å². The van der Waals surface area contributed by atoms with Crippen molar-refractivity contribution >= 4 is 27.5 Å². The minimum Gasteiger partial charge on any atom is -0.366 e. The molecule has 2 amide bonds. The zero-order chi connectivity index (χ0) is 21.3. The smallest absolute Gasteiger partial charge is 0.267 e. The predicted molar refractivity (Wildman–Crippen MR) is 109 cm³/mol. The highest BCUT2D eigenvalue weighted by Gasteiger charge is 2.45. The Morgan fingerprint density at radius 1 is 0.933 bits per heavy atom. The number of hydrogen-bond acceptors (Lipinski definition) is 5. The second-order valence-corrected chi connectivity index (χ2v) is 9.14. The van der Waals surface area contributed by atoms with E-state index in [0.29, 0.717) is 31.9 Å². The monoisotopic (exact) mass is 431 g/mol. The number of benzene rings is 2. The highest BCUT2D eigenvalue weighted by molar-refractivity contribution is 7.89. The molecule has 2 aliphatic rings. The Kier molecular flexibility index (Phi) is 5.46. The molecule has 2 aromatic carbocycles. The second kappa shape index (κ2) is 8.06. The van der Waals surface area contributed by atoms with Gasteiger partial charge in [-0.1, -0.05) is 30.3 Å². The van der Waals surface area contributed by atoms with Crippen molar-refractivity contribution in [1.82, 2.24) is 9.21 Å². The van der Waals surface area contributed by atoms with E-state index < -0.39 is 22.0 Å². The number of carbonyl (C=O) groups is 2. The van der Waals surface area contributed by atoms with Crippen molar-refractivity contribution in [2.75, 3.05) is 31.1 Å². The fraction of sp³-hybridized carbons (Fsp3) is 0.333. The van der Waals surface area contributed by atoms with E-state index in [-0.39, 0.29) is 29.5 Å². The number of para-hydroxylation sites is 1.